The van der Waals surface area contributed by atoms with Crippen LogP contribution >= 0.6 is 0 Å². The number of hydrogen-bond donors (Lipinski definition) is 2. The number of amides is 2. The van der Waals surface area contributed by atoms with Gasteiger partial charge in [-0.2, -0.15) is 14.0 Å². The summed E-state index contributed by atoms with van der Waals surface area (Å²) in [6, 6.07) is 18.8. The van der Waals surface area contributed by atoms with E-state index in [-0.39, 0.29) is 33.6 Å². The smallest absolute Gasteiger partial charge is 0.387 e. The third-order valence-corrected chi connectivity index (χ3v) is 7.24. The second-order valence-corrected chi connectivity index (χ2v) is 10.4. The molecule has 0 radical (unpaired) electrons. The number of hydrogen-bond acceptors (Lipinski definition) is 7. The average molecular weight is 556 g/mol. The topological polar surface area (TPSA) is 156 Å². The fourth-order valence-corrected chi connectivity index (χ4v) is 5.68. The first-order valence-corrected chi connectivity index (χ1v) is 13.3. The maximum Gasteiger partial charge on any atom is 0.387 e. The number of rotatable bonds is 12. The van der Waals surface area contributed by atoms with E-state index < -0.39 is 58.0 Å². The molecule has 0 spiro atoms. The van der Waals surface area contributed by atoms with Gasteiger partial charge in [-0.1, -0.05) is 60.7 Å². The number of alkyl halides is 2. The zero-order valence-corrected chi connectivity index (χ0v) is 21.2. The van der Waals surface area contributed by atoms with E-state index in [1.165, 1.54) is 54.6 Å². The van der Waals surface area contributed by atoms with Crippen LogP contribution in [-0.4, -0.2) is 44.9 Å². The molecule has 0 unspecified atom stereocenters. The highest BCUT2D eigenvalue weighted by Gasteiger charge is 2.34. The molecular formula is C27H23F2N3O6S. The Morgan fingerprint density at radius 2 is 1.59 bits per heavy atom. The Kier molecular flexibility index (Phi) is 9.46. The van der Waals surface area contributed by atoms with Crippen LogP contribution in [0.15, 0.2) is 72.8 Å². The largest absolute Gasteiger partial charge is 0.435 e. The van der Waals surface area contributed by atoms with Crippen molar-refractivity contribution in [3.8, 4) is 11.8 Å². The third-order valence-electron chi connectivity index (χ3n) is 5.64. The molecule has 0 aliphatic carbocycles. The normalized spacial score (nSPS) is 11.8. The number of halogens is 2. The van der Waals surface area contributed by atoms with Crippen LogP contribution in [0.5, 0.6) is 5.75 Å². The van der Waals surface area contributed by atoms with Crippen LogP contribution in [0.4, 0.5) is 8.78 Å². The van der Waals surface area contributed by atoms with Crippen LogP contribution < -0.4 is 15.8 Å². The Morgan fingerprint density at radius 3 is 2.23 bits per heavy atom. The number of sulfone groups is 1. The molecule has 0 aromatic heterocycles. The zero-order chi connectivity index (χ0) is 28.6. The van der Waals surface area contributed by atoms with Gasteiger partial charge in [0.15, 0.2) is 15.6 Å². The van der Waals surface area contributed by atoms with E-state index in [1.807, 2.05) is 0 Å². The van der Waals surface area contributed by atoms with E-state index in [9.17, 15) is 31.6 Å². The predicted octanol–water partition coefficient (Wildman–Crippen LogP) is 2.96. The van der Waals surface area contributed by atoms with Crippen molar-refractivity contribution in [1.82, 2.24) is 5.32 Å². The predicted molar refractivity (Wildman–Crippen MR) is 137 cm³/mol. The second-order valence-electron chi connectivity index (χ2n) is 8.30. The van der Waals surface area contributed by atoms with Gasteiger partial charge < -0.3 is 15.8 Å². The van der Waals surface area contributed by atoms with Crippen LogP contribution in [0, 0.1) is 11.3 Å². The number of ketones is 1. The number of nitrogens with zero attached hydrogens (tertiary/aromatic N) is 1. The number of para-hydroxylation sites is 1. The summed E-state index contributed by atoms with van der Waals surface area (Å²) >= 11 is 0. The highest BCUT2D eigenvalue weighted by molar-refractivity contribution is 7.90. The Morgan fingerprint density at radius 1 is 0.949 bits per heavy atom. The minimum Gasteiger partial charge on any atom is -0.435 e. The van der Waals surface area contributed by atoms with Gasteiger partial charge in [-0.05, 0) is 17.7 Å². The highest BCUT2D eigenvalue weighted by Crippen LogP contribution is 2.30. The maximum absolute atomic E-state index is 13.4. The molecule has 1 atom stereocenters. The lowest BCUT2D eigenvalue weighted by Gasteiger charge is -2.22. The first-order chi connectivity index (χ1) is 18.5. The van der Waals surface area contributed by atoms with Crippen LogP contribution in [0.1, 0.15) is 43.3 Å². The van der Waals surface area contributed by atoms with Crippen LogP contribution in [-0.2, 0) is 20.4 Å². The first-order valence-electron chi connectivity index (χ1n) is 11.4. The molecule has 202 valence electrons. The van der Waals surface area contributed by atoms with Crippen molar-refractivity contribution in [3.63, 3.8) is 0 Å². The number of ether oxygens (including phenoxy) is 1. The minimum absolute atomic E-state index is 0.0854. The monoisotopic (exact) mass is 555 g/mol. The zero-order valence-electron chi connectivity index (χ0n) is 20.3. The highest BCUT2D eigenvalue weighted by atomic mass is 32.2. The van der Waals surface area contributed by atoms with Gasteiger partial charge in [0, 0.05) is 22.3 Å². The molecule has 3 rings (SSSR count). The van der Waals surface area contributed by atoms with Gasteiger partial charge in [-0.3, -0.25) is 14.4 Å². The molecule has 0 aliphatic heterocycles. The quantitative estimate of drug-likeness (QED) is 0.257. The van der Waals surface area contributed by atoms with Crippen molar-refractivity contribution < 1.29 is 36.3 Å². The molecule has 3 aromatic carbocycles. The van der Waals surface area contributed by atoms with Crippen LogP contribution in [0.2, 0.25) is 0 Å². The van der Waals surface area contributed by atoms with Crippen molar-refractivity contribution >= 4 is 27.4 Å². The first kappa shape index (κ1) is 28.9. The van der Waals surface area contributed by atoms with E-state index in [1.54, 1.807) is 24.3 Å². The molecule has 2 amide bonds. The SMILES string of the molecule is N#CCNC(=O)[C@H](CS(=O)(=O)Cc1ccccc1OC(F)F)c1c(C(N)=O)cccc1C(=O)c1ccccc1. The molecule has 0 saturated carbocycles. The summed E-state index contributed by atoms with van der Waals surface area (Å²) in [6.45, 7) is -3.69. The molecular weight excluding hydrogens is 532 g/mol. The molecule has 0 bridgehead atoms. The summed E-state index contributed by atoms with van der Waals surface area (Å²) in [5.74, 6) is -6.31. The molecule has 0 heterocycles. The Hall–Kier alpha value is -4.63. The minimum atomic E-state index is -4.29. The van der Waals surface area contributed by atoms with Crippen molar-refractivity contribution in [2.75, 3.05) is 12.3 Å². The van der Waals surface area contributed by atoms with Crippen molar-refractivity contribution in [2.45, 2.75) is 18.3 Å². The fourth-order valence-electron chi connectivity index (χ4n) is 4.02. The molecule has 0 saturated heterocycles. The lowest BCUT2D eigenvalue weighted by atomic mass is 9.86. The third kappa shape index (κ3) is 7.45. The lowest BCUT2D eigenvalue weighted by molar-refractivity contribution is -0.121. The molecule has 0 aliphatic rings. The van der Waals surface area contributed by atoms with Gasteiger partial charge in [0.1, 0.15) is 12.3 Å². The molecule has 3 aromatic rings. The van der Waals surface area contributed by atoms with E-state index in [0.717, 1.165) is 0 Å². The average Bonchev–Trinajstić information content (AvgIpc) is 2.90. The number of nitriles is 1. The molecule has 9 nitrogen and oxygen atoms in total. The molecule has 39 heavy (non-hydrogen) atoms. The second kappa shape index (κ2) is 12.7. The Balaban J connectivity index is 2.13. The van der Waals surface area contributed by atoms with Crippen LogP contribution in [0.3, 0.4) is 0 Å². The summed E-state index contributed by atoms with van der Waals surface area (Å²) in [4.78, 5) is 39.0. The standard InChI is InChI=1S/C27H23F2N3O6S/c28-27(29)38-22-12-5-4-9-18(22)15-39(36,37)16-21(26(35)32-14-13-30)23-19(10-6-11-20(23)25(31)34)24(33)17-7-2-1-3-8-17/h1-12,21,27H,14-16H2,(H2,31,34)(H,32,35)/t21-/m1/s1. The lowest BCUT2D eigenvalue weighted by Crippen LogP contribution is -2.36. The van der Waals surface area contributed by atoms with E-state index >= 15 is 0 Å². The molecule has 12 heteroatoms. The number of nitrogens with one attached hydrogen (secondary N) is 1. The number of nitrogens with two attached hydrogens (primary N) is 1. The molecule has 3 N–H and O–H groups in total. The van der Waals surface area contributed by atoms with Gasteiger partial charge in [0.25, 0.3) is 0 Å². The van der Waals surface area contributed by atoms with Gasteiger partial charge in [0.05, 0.1) is 23.5 Å². The Labute approximate surface area is 223 Å². The van der Waals surface area contributed by atoms with Gasteiger partial charge in [-0.25, -0.2) is 8.42 Å². The van der Waals surface area contributed by atoms with Gasteiger partial charge >= 0.3 is 6.61 Å². The number of carbonyl (C=O) groups is 3. The van der Waals surface area contributed by atoms with E-state index in [2.05, 4.69) is 10.1 Å². The van der Waals surface area contributed by atoms with E-state index in [4.69, 9.17) is 11.0 Å². The van der Waals surface area contributed by atoms with Crippen molar-refractivity contribution in [3.05, 3.63) is 101 Å². The molecule has 0 fully saturated rings. The summed E-state index contributed by atoms with van der Waals surface area (Å²) in [7, 11) is -4.29. The summed E-state index contributed by atoms with van der Waals surface area (Å²) in [5, 5.41) is 11.2. The van der Waals surface area contributed by atoms with Crippen LogP contribution in [0.25, 0.3) is 0 Å². The van der Waals surface area contributed by atoms with E-state index in [0.29, 0.717) is 0 Å². The summed E-state index contributed by atoms with van der Waals surface area (Å²) < 4.78 is 56.8. The number of carbonyl (C=O) groups excluding carboxylic acids is 3. The Bertz CT molecular complexity index is 1520. The van der Waals surface area contributed by atoms with Crippen molar-refractivity contribution in [2.24, 2.45) is 5.73 Å². The van der Waals surface area contributed by atoms with Crippen molar-refractivity contribution in [1.29, 1.82) is 5.26 Å². The number of primary amides is 1. The summed E-state index contributed by atoms with van der Waals surface area (Å²) in [6.07, 6.45) is 0. The fraction of sp³-hybridized carbons (Fsp3) is 0.185. The van der Waals surface area contributed by atoms with Gasteiger partial charge in [0.2, 0.25) is 11.8 Å². The summed E-state index contributed by atoms with van der Waals surface area (Å²) in [5.41, 5.74) is 5.04. The van der Waals surface area contributed by atoms with Gasteiger partial charge in [-0.15, -0.1) is 0 Å². The maximum atomic E-state index is 13.4. The number of benzene rings is 3.